The molecule has 212 valence electrons. The molecule has 3 aromatic rings. The maximum atomic E-state index is 12.8. The first-order valence-electron chi connectivity index (χ1n) is 14.3. The Balaban J connectivity index is 1.22. The maximum absolute atomic E-state index is 12.8. The van der Waals surface area contributed by atoms with Gasteiger partial charge in [0.05, 0.1) is 6.61 Å². The summed E-state index contributed by atoms with van der Waals surface area (Å²) < 4.78 is 12.8. The van der Waals surface area contributed by atoms with Gasteiger partial charge in [0.25, 0.3) is 0 Å². The predicted octanol–water partition coefficient (Wildman–Crippen LogP) is 7.03. The summed E-state index contributed by atoms with van der Waals surface area (Å²) in [4.78, 5) is 17.1. The Morgan fingerprint density at radius 1 is 0.850 bits per heavy atom. The van der Waals surface area contributed by atoms with Crippen LogP contribution in [0.2, 0.25) is 18.1 Å². The van der Waals surface area contributed by atoms with Crippen molar-refractivity contribution in [2.75, 3.05) is 39.3 Å². The van der Waals surface area contributed by atoms with Gasteiger partial charge >= 0.3 is 0 Å². The quantitative estimate of drug-likeness (QED) is 0.199. The van der Waals surface area contributed by atoms with Gasteiger partial charge < -0.3 is 14.1 Å². The van der Waals surface area contributed by atoms with Crippen molar-refractivity contribution in [1.29, 1.82) is 0 Å². The van der Waals surface area contributed by atoms with E-state index < -0.39 is 8.32 Å². The van der Waals surface area contributed by atoms with Crippen LogP contribution in [0.25, 0.3) is 6.08 Å². The highest BCUT2D eigenvalue weighted by Crippen LogP contribution is 2.37. The summed E-state index contributed by atoms with van der Waals surface area (Å²) in [5, 5.41) is 0.155. The molecule has 5 nitrogen and oxygen atoms in total. The van der Waals surface area contributed by atoms with Crippen LogP contribution in [0.4, 0.5) is 0 Å². The van der Waals surface area contributed by atoms with Crippen molar-refractivity contribution in [3.63, 3.8) is 0 Å². The molecule has 6 heteroatoms. The predicted molar refractivity (Wildman–Crippen MR) is 167 cm³/mol. The number of piperazine rings is 1. The lowest BCUT2D eigenvalue weighted by molar-refractivity contribution is -0.127. The van der Waals surface area contributed by atoms with E-state index in [-0.39, 0.29) is 17.0 Å². The third-order valence-electron chi connectivity index (χ3n) is 8.06. The van der Waals surface area contributed by atoms with Crippen LogP contribution in [0.5, 0.6) is 5.75 Å². The molecule has 40 heavy (non-hydrogen) atoms. The first-order chi connectivity index (χ1) is 19.1. The number of hydrogen-bond acceptors (Lipinski definition) is 4. The molecule has 0 unspecified atom stereocenters. The second-order valence-corrected chi connectivity index (χ2v) is 16.7. The highest BCUT2D eigenvalue weighted by molar-refractivity contribution is 6.74. The van der Waals surface area contributed by atoms with Crippen LogP contribution in [0.3, 0.4) is 0 Å². The van der Waals surface area contributed by atoms with E-state index in [0.717, 1.165) is 55.2 Å². The van der Waals surface area contributed by atoms with E-state index in [9.17, 15) is 4.79 Å². The van der Waals surface area contributed by atoms with Crippen LogP contribution in [-0.4, -0.2) is 63.4 Å². The minimum atomic E-state index is -1.86. The third kappa shape index (κ3) is 8.16. The van der Waals surface area contributed by atoms with Crippen molar-refractivity contribution >= 4 is 20.3 Å². The molecule has 1 aliphatic rings. The van der Waals surface area contributed by atoms with Gasteiger partial charge in [0.2, 0.25) is 14.2 Å². The monoisotopic (exact) mass is 556 g/mol. The SMILES string of the molecule is CC(C)(C)[Si](C)(C)Oc1ccc(/C=C/C(=O)N2CCN(CCOC(c3ccccc3)c3ccccc3)CC2)cc1. The van der Waals surface area contributed by atoms with Gasteiger partial charge in [-0.05, 0) is 53.0 Å². The van der Waals surface area contributed by atoms with Gasteiger partial charge in [-0.15, -0.1) is 0 Å². The summed E-state index contributed by atoms with van der Waals surface area (Å²) in [5.41, 5.74) is 3.32. The Hall–Kier alpha value is -3.19. The Labute approximate surface area is 241 Å². The topological polar surface area (TPSA) is 42.0 Å². The Bertz CT molecular complexity index is 1190. The van der Waals surface area contributed by atoms with E-state index in [1.807, 2.05) is 47.4 Å². The molecular formula is C34H44N2O3Si. The van der Waals surface area contributed by atoms with Crippen molar-refractivity contribution in [2.24, 2.45) is 0 Å². The molecule has 1 amide bonds. The number of benzene rings is 3. The Morgan fingerprint density at radius 3 is 1.93 bits per heavy atom. The van der Waals surface area contributed by atoms with Gasteiger partial charge in [-0.2, -0.15) is 0 Å². The average Bonchev–Trinajstić information content (AvgIpc) is 2.95. The van der Waals surface area contributed by atoms with Crippen LogP contribution in [-0.2, 0) is 9.53 Å². The van der Waals surface area contributed by atoms with Gasteiger partial charge in [-0.1, -0.05) is 93.6 Å². The molecule has 4 rings (SSSR count). The van der Waals surface area contributed by atoms with Crippen molar-refractivity contribution < 1.29 is 14.0 Å². The lowest BCUT2D eigenvalue weighted by atomic mass is 10.0. The van der Waals surface area contributed by atoms with Gasteiger partial charge in [-0.25, -0.2) is 0 Å². The summed E-state index contributed by atoms with van der Waals surface area (Å²) in [6.07, 6.45) is 3.50. The highest BCUT2D eigenvalue weighted by atomic mass is 28.4. The van der Waals surface area contributed by atoms with E-state index in [2.05, 4.69) is 87.3 Å². The normalized spacial score (nSPS) is 15.1. The summed E-state index contributed by atoms with van der Waals surface area (Å²) in [6.45, 7) is 15.8. The van der Waals surface area contributed by atoms with Crippen LogP contribution >= 0.6 is 0 Å². The standard InChI is InChI=1S/C34H44N2O3Si/c1-34(2,3)40(4,5)39-31-19-16-28(17-20-31)18-21-32(37)36-24-22-35(23-25-36)26-27-38-33(29-12-8-6-9-13-29)30-14-10-7-11-15-30/h6-21,33H,22-27H2,1-5H3/b21-18+. The summed E-state index contributed by atoms with van der Waals surface area (Å²) >= 11 is 0. The molecule has 0 radical (unpaired) electrons. The smallest absolute Gasteiger partial charge is 0.250 e. The molecule has 0 saturated carbocycles. The van der Waals surface area contributed by atoms with E-state index in [4.69, 9.17) is 9.16 Å². The van der Waals surface area contributed by atoms with Crippen LogP contribution in [0, 0.1) is 0 Å². The van der Waals surface area contributed by atoms with Crippen LogP contribution < -0.4 is 4.43 Å². The fourth-order valence-electron chi connectivity index (χ4n) is 4.50. The number of amides is 1. The molecule has 3 aromatic carbocycles. The lowest BCUT2D eigenvalue weighted by Gasteiger charge is -2.36. The summed E-state index contributed by atoms with van der Waals surface area (Å²) in [6, 6.07) is 28.8. The second kappa shape index (κ2) is 13.4. The molecule has 0 aromatic heterocycles. The second-order valence-electron chi connectivity index (χ2n) is 12.0. The van der Waals surface area contributed by atoms with Crippen LogP contribution in [0.1, 0.15) is 43.6 Å². The summed E-state index contributed by atoms with van der Waals surface area (Å²) in [7, 11) is -1.86. The lowest BCUT2D eigenvalue weighted by Crippen LogP contribution is -2.49. The zero-order valence-electron chi connectivity index (χ0n) is 24.7. The molecule has 0 N–H and O–H groups in total. The average molecular weight is 557 g/mol. The maximum Gasteiger partial charge on any atom is 0.250 e. The van der Waals surface area contributed by atoms with Gasteiger partial charge in [0.1, 0.15) is 11.9 Å². The number of nitrogens with zero attached hydrogens (tertiary/aromatic N) is 2. The first kappa shape index (κ1) is 29.8. The summed E-state index contributed by atoms with van der Waals surface area (Å²) in [5.74, 6) is 0.958. The zero-order chi connectivity index (χ0) is 28.6. The largest absolute Gasteiger partial charge is 0.544 e. The molecule has 0 spiro atoms. The van der Waals surface area contributed by atoms with E-state index >= 15 is 0 Å². The molecule has 1 saturated heterocycles. The molecule has 0 bridgehead atoms. The number of hydrogen-bond donors (Lipinski definition) is 0. The molecule has 1 heterocycles. The highest BCUT2D eigenvalue weighted by Gasteiger charge is 2.38. The zero-order valence-corrected chi connectivity index (χ0v) is 25.7. The number of rotatable bonds is 10. The van der Waals surface area contributed by atoms with Crippen molar-refractivity contribution in [3.8, 4) is 5.75 Å². The van der Waals surface area contributed by atoms with E-state index in [1.54, 1.807) is 6.08 Å². The van der Waals surface area contributed by atoms with Crippen molar-refractivity contribution in [1.82, 2.24) is 9.80 Å². The van der Waals surface area contributed by atoms with E-state index in [1.165, 1.54) is 0 Å². The molecule has 0 aliphatic carbocycles. The van der Waals surface area contributed by atoms with Crippen molar-refractivity contribution in [2.45, 2.75) is 45.0 Å². The third-order valence-corrected chi connectivity index (χ3v) is 12.4. The molecule has 1 fully saturated rings. The fraction of sp³-hybridized carbons (Fsp3) is 0.382. The van der Waals surface area contributed by atoms with Crippen molar-refractivity contribution in [3.05, 3.63) is 108 Å². The molecule has 1 aliphatic heterocycles. The van der Waals surface area contributed by atoms with Gasteiger partial charge in [-0.3, -0.25) is 9.69 Å². The number of carbonyl (C=O) groups excluding carboxylic acids is 1. The van der Waals surface area contributed by atoms with E-state index in [0.29, 0.717) is 6.61 Å². The molecular weight excluding hydrogens is 512 g/mol. The fourth-order valence-corrected chi connectivity index (χ4v) is 5.53. The van der Waals surface area contributed by atoms with Gasteiger partial charge in [0.15, 0.2) is 0 Å². The van der Waals surface area contributed by atoms with Crippen LogP contribution in [0.15, 0.2) is 91.0 Å². The Morgan fingerprint density at radius 2 is 1.40 bits per heavy atom. The number of ether oxygens (including phenoxy) is 1. The first-order valence-corrected chi connectivity index (χ1v) is 17.2. The van der Waals surface area contributed by atoms with Gasteiger partial charge in [0, 0.05) is 38.8 Å². The molecule has 0 atom stereocenters. The minimum absolute atomic E-state index is 0.0609. The minimum Gasteiger partial charge on any atom is -0.544 e. The number of carbonyl (C=O) groups is 1. The Kier molecular flexibility index (Phi) is 10.0.